The van der Waals surface area contributed by atoms with Gasteiger partial charge in [0.25, 0.3) is 0 Å². The molecule has 1 aliphatic rings. The first-order valence-electron chi connectivity index (χ1n) is 6.93. The molecule has 1 aliphatic carbocycles. The Bertz CT molecular complexity index is 618. The third-order valence-electron chi connectivity index (χ3n) is 4.14. The molecule has 1 nitrogen and oxygen atoms in total. The van der Waals surface area contributed by atoms with Crippen LogP contribution in [0, 0.1) is 11.6 Å². The van der Waals surface area contributed by atoms with Crippen molar-refractivity contribution >= 4 is 0 Å². The first kappa shape index (κ1) is 13.3. The summed E-state index contributed by atoms with van der Waals surface area (Å²) in [6, 6.07) is 11.5. The Hall–Kier alpha value is -1.74. The molecule has 1 atom stereocenters. The minimum Gasteiger partial charge on any atom is -0.318 e. The zero-order valence-electron chi connectivity index (χ0n) is 11.2. The average molecular weight is 273 g/mol. The van der Waals surface area contributed by atoms with Gasteiger partial charge in [0.1, 0.15) is 11.6 Å². The number of hydrogen-bond donors (Lipinski definition) is 1. The van der Waals surface area contributed by atoms with Crippen molar-refractivity contribution < 1.29 is 8.78 Å². The van der Waals surface area contributed by atoms with Crippen molar-refractivity contribution in [2.75, 3.05) is 0 Å². The summed E-state index contributed by atoms with van der Waals surface area (Å²) in [4.78, 5) is 0. The number of fused-ring (bicyclic) bond motifs is 1. The molecule has 3 rings (SSSR count). The molecule has 2 aromatic carbocycles. The van der Waals surface area contributed by atoms with Crippen LogP contribution in [0.25, 0.3) is 0 Å². The summed E-state index contributed by atoms with van der Waals surface area (Å²) in [5.41, 5.74) is 8.47. The van der Waals surface area contributed by atoms with Crippen LogP contribution in [0.2, 0.25) is 0 Å². The van der Waals surface area contributed by atoms with Gasteiger partial charge in [0.05, 0.1) is 5.54 Å². The monoisotopic (exact) mass is 273 g/mol. The van der Waals surface area contributed by atoms with E-state index in [9.17, 15) is 8.78 Å². The molecule has 0 heterocycles. The molecular formula is C17H17F2N. The SMILES string of the molecule is NC1(c2cc(F)cc(F)c2)CCCCc2ccccc21. The van der Waals surface area contributed by atoms with Gasteiger partial charge in [0.15, 0.2) is 0 Å². The van der Waals surface area contributed by atoms with Gasteiger partial charge < -0.3 is 5.73 Å². The smallest absolute Gasteiger partial charge is 0.126 e. The molecule has 104 valence electrons. The fourth-order valence-corrected chi connectivity index (χ4v) is 3.14. The lowest BCUT2D eigenvalue weighted by molar-refractivity contribution is 0.470. The Labute approximate surface area is 117 Å². The largest absolute Gasteiger partial charge is 0.318 e. The highest BCUT2D eigenvalue weighted by Gasteiger charge is 2.33. The highest BCUT2D eigenvalue weighted by atomic mass is 19.1. The molecule has 0 saturated heterocycles. The van der Waals surface area contributed by atoms with E-state index in [1.165, 1.54) is 17.7 Å². The van der Waals surface area contributed by atoms with E-state index < -0.39 is 17.2 Å². The van der Waals surface area contributed by atoms with Gasteiger partial charge >= 0.3 is 0 Å². The molecular weight excluding hydrogens is 256 g/mol. The average Bonchev–Trinajstić information content (AvgIpc) is 2.59. The summed E-state index contributed by atoms with van der Waals surface area (Å²) in [6.07, 6.45) is 3.66. The maximum absolute atomic E-state index is 13.5. The molecule has 0 bridgehead atoms. The summed E-state index contributed by atoms with van der Waals surface area (Å²) < 4.78 is 27.1. The highest BCUT2D eigenvalue weighted by molar-refractivity contribution is 5.43. The standard InChI is InChI=1S/C17H17F2N/c18-14-9-13(10-15(19)11-14)17(20)8-4-3-6-12-5-1-2-7-16(12)17/h1-2,5,7,9-11H,3-4,6,8,20H2. The van der Waals surface area contributed by atoms with Gasteiger partial charge in [-0.1, -0.05) is 30.7 Å². The summed E-state index contributed by atoms with van der Waals surface area (Å²) in [5, 5.41) is 0. The number of benzene rings is 2. The molecule has 0 spiro atoms. The van der Waals surface area contributed by atoms with Gasteiger partial charge in [0.2, 0.25) is 0 Å². The third-order valence-corrected chi connectivity index (χ3v) is 4.14. The summed E-state index contributed by atoms with van der Waals surface area (Å²) in [5.74, 6) is -1.15. The maximum atomic E-state index is 13.5. The van der Waals surface area contributed by atoms with Crippen LogP contribution in [-0.2, 0) is 12.0 Å². The maximum Gasteiger partial charge on any atom is 0.126 e. The Morgan fingerprint density at radius 3 is 2.40 bits per heavy atom. The van der Waals surface area contributed by atoms with Gasteiger partial charge in [0, 0.05) is 6.07 Å². The molecule has 0 radical (unpaired) electrons. The van der Waals surface area contributed by atoms with Crippen molar-refractivity contribution in [3.05, 3.63) is 70.8 Å². The first-order valence-corrected chi connectivity index (χ1v) is 6.93. The lowest BCUT2D eigenvalue weighted by atomic mass is 9.79. The second kappa shape index (κ2) is 4.98. The van der Waals surface area contributed by atoms with E-state index in [2.05, 4.69) is 6.07 Å². The van der Waals surface area contributed by atoms with Crippen molar-refractivity contribution in [3.8, 4) is 0 Å². The predicted molar refractivity (Wildman–Crippen MR) is 75.3 cm³/mol. The van der Waals surface area contributed by atoms with Crippen LogP contribution in [-0.4, -0.2) is 0 Å². The van der Waals surface area contributed by atoms with Gasteiger partial charge in [-0.3, -0.25) is 0 Å². The lowest BCUT2D eigenvalue weighted by Gasteiger charge is -2.31. The Kier molecular flexibility index (Phi) is 3.30. The zero-order chi connectivity index (χ0) is 14.2. The van der Waals surface area contributed by atoms with Gasteiger partial charge in [-0.15, -0.1) is 0 Å². The molecule has 0 saturated carbocycles. The quantitative estimate of drug-likeness (QED) is 0.784. The van der Waals surface area contributed by atoms with Crippen LogP contribution in [0.4, 0.5) is 8.78 Å². The van der Waals surface area contributed by atoms with E-state index in [4.69, 9.17) is 5.73 Å². The van der Waals surface area contributed by atoms with Crippen LogP contribution < -0.4 is 5.73 Å². The number of halogens is 2. The number of hydrogen-bond acceptors (Lipinski definition) is 1. The predicted octanol–water partition coefficient (Wildman–Crippen LogP) is 3.89. The van der Waals surface area contributed by atoms with Crippen molar-refractivity contribution in [2.24, 2.45) is 5.73 Å². The second-order valence-electron chi connectivity index (χ2n) is 5.49. The van der Waals surface area contributed by atoms with Crippen molar-refractivity contribution in [3.63, 3.8) is 0 Å². The van der Waals surface area contributed by atoms with Crippen LogP contribution in [0.1, 0.15) is 36.0 Å². The number of nitrogens with two attached hydrogens (primary N) is 1. The van der Waals surface area contributed by atoms with E-state index >= 15 is 0 Å². The zero-order valence-corrected chi connectivity index (χ0v) is 11.2. The molecule has 0 amide bonds. The lowest BCUT2D eigenvalue weighted by Crippen LogP contribution is -2.38. The van der Waals surface area contributed by atoms with Crippen molar-refractivity contribution in [2.45, 2.75) is 31.2 Å². The van der Waals surface area contributed by atoms with Gasteiger partial charge in [-0.2, -0.15) is 0 Å². The molecule has 1 unspecified atom stereocenters. The third kappa shape index (κ3) is 2.22. The normalized spacial score (nSPS) is 22.1. The second-order valence-corrected chi connectivity index (χ2v) is 5.49. The molecule has 2 aromatic rings. The Morgan fingerprint density at radius 2 is 1.65 bits per heavy atom. The Morgan fingerprint density at radius 1 is 0.950 bits per heavy atom. The first-order chi connectivity index (χ1) is 9.59. The molecule has 0 aromatic heterocycles. The summed E-state index contributed by atoms with van der Waals surface area (Å²) >= 11 is 0. The van der Waals surface area contributed by atoms with Gasteiger partial charge in [-0.05, 0) is 48.1 Å². The summed E-state index contributed by atoms with van der Waals surface area (Å²) in [6.45, 7) is 0. The Balaban J connectivity index is 2.19. The van der Waals surface area contributed by atoms with Crippen LogP contribution in [0.5, 0.6) is 0 Å². The minimum atomic E-state index is -0.809. The molecule has 2 N–H and O–H groups in total. The van der Waals surface area contributed by atoms with Crippen LogP contribution in [0.3, 0.4) is 0 Å². The fraction of sp³-hybridized carbons (Fsp3) is 0.294. The van der Waals surface area contributed by atoms with E-state index in [1.807, 2.05) is 18.2 Å². The fourth-order valence-electron chi connectivity index (χ4n) is 3.14. The van der Waals surface area contributed by atoms with E-state index in [-0.39, 0.29) is 0 Å². The van der Waals surface area contributed by atoms with Crippen LogP contribution in [0.15, 0.2) is 42.5 Å². The van der Waals surface area contributed by atoms with E-state index in [0.717, 1.165) is 30.9 Å². The minimum absolute atomic E-state index is 0.518. The molecule has 0 aliphatic heterocycles. The van der Waals surface area contributed by atoms with Crippen molar-refractivity contribution in [1.82, 2.24) is 0 Å². The van der Waals surface area contributed by atoms with Crippen molar-refractivity contribution in [1.29, 1.82) is 0 Å². The summed E-state index contributed by atoms with van der Waals surface area (Å²) in [7, 11) is 0. The van der Waals surface area contributed by atoms with E-state index in [0.29, 0.717) is 12.0 Å². The molecule has 3 heteroatoms. The number of rotatable bonds is 1. The van der Waals surface area contributed by atoms with Crippen LogP contribution >= 0.6 is 0 Å². The topological polar surface area (TPSA) is 26.0 Å². The molecule has 0 fully saturated rings. The molecule has 20 heavy (non-hydrogen) atoms. The van der Waals surface area contributed by atoms with Gasteiger partial charge in [-0.25, -0.2) is 8.78 Å². The number of aryl methyl sites for hydroxylation is 1. The highest BCUT2D eigenvalue weighted by Crippen LogP contribution is 2.37. The van der Waals surface area contributed by atoms with E-state index in [1.54, 1.807) is 0 Å².